The van der Waals surface area contributed by atoms with Gasteiger partial charge in [-0.2, -0.15) is 0 Å². The fourth-order valence-electron chi connectivity index (χ4n) is 2.88. The maximum atomic E-state index is 12.4. The van der Waals surface area contributed by atoms with Crippen LogP contribution in [0.5, 0.6) is 0 Å². The highest BCUT2D eigenvalue weighted by Crippen LogP contribution is 2.19. The number of carbonyl (C=O) groups is 2. The molecule has 7 heteroatoms. The summed E-state index contributed by atoms with van der Waals surface area (Å²) < 4.78 is 5.35. The van der Waals surface area contributed by atoms with E-state index < -0.39 is 0 Å². The molecule has 0 unspecified atom stereocenters. The van der Waals surface area contributed by atoms with Crippen LogP contribution in [-0.2, 0) is 9.53 Å². The molecule has 2 amide bonds. The largest absolute Gasteiger partial charge is 0.378 e. The first-order valence-corrected chi connectivity index (χ1v) is 9.14. The number of nitrogens with one attached hydrogen (secondary N) is 1. The van der Waals surface area contributed by atoms with E-state index in [1.165, 1.54) is 4.90 Å². The van der Waals surface area contributed by atoms with E-state index in [2.05, 4.69) is 10.2 Å². The van der Waals surface area contributed by atoms with Crippen LogP contribution in [0.2, 0.25) is 5.02 Å². The van der Waals surface area contributed by atoms with E-state index in [-0.39, 0.29) is 18.4 Å². The van der Waals surface area contributed by atoms with Crippen molar-refractivity contribution in [2.45, 2.75) is 0 Å². The summed E-state index contributed by atoms with van der Waals surface area (Å²) in [7, 11) is 1.60. The predicted octanol–water partition coefficient (Wildman–Crippen LogP) is 2.89. The fourth-order valence-corrected chi connectivity index (χ4v) is 3.00. The van der Waals surface area contributed by atoms with Gasteiger partial charge < -0.3 is 19.9 Å². The quantitative estimate of drug-likeness (QED) is 0.856. The van der Waals surface area contributed by atoms with E-state index in [9.17, 15) is 9.59 Å². The van der Waals surface area contributed by atoms with E-state index in [1.807, 2.05) is 24.3 Å². The van der Waals surface area contributed by atoms with Gasteiger partial charge in [-0.25, -0.2) is 0 Å². The summed E-state index contributed by atoms with van der Waals surface area (Å²) in [6, 6.07) is 14.3. The maximum absolute atomic E-state index is 12.4. The Bertz CT molecular complexity index is 787. The van der Waals surface area contributed by atoms with Crippen molar-refractivity contribution in [3.63, 3.8) is 0 Å². The highest BCUT2D eigenvalue weighted by atomic mass is 35.5. The van der Waals surface area contributed by atoms with E-state index in [1.54, 1.807) is 31.3 Å². The predicted molar refractivity (Wildman–Crippen MR) is 107 cm³/mol. The normalized spacial score (nSPS) is 13.9. The number of carbonyl (C=O) groups excluding carboxylic acids is 2. The van der Waals surface area contributed by atoms with E-state index in [0.29, 0.717) is 16.3 Å². The van der Waals surface area contributed by atoms with Crippen LogP contribution in [0.4, 0.5) is 11.4 Å². The minimum absolute atomic E-state index is 0.0350. The van der Waals surface area contributed by atoms with Crippen molar-refractivity contribution in [2.75, 3.05) is 50.1 Å². The lowest BCUT2D eigenvalue weighted by molar-refractivity contribution is -0.116. The number of likely N-dealkylation sites (N-methyl/N-ethyl adjacent to an activating group) is 1. The SMILES string of the molecule is CN(CC(=O)Nc1ccc(N2CCOCC2)cc1)C(=O)c1ccc(Cl)cc1. The third-order valence-electron chi connectivity index (χ3n) is 4.35. The topological polar surface area (TPSA) is 61.9 Å². The van der Waals surface area contributed by atoms with Crippen LogP contribution in [0.25, 0.3) is 0 Å². The number of morpholine rings is 1. The van der Waals surface area contributed by atoms with Gasteiger partial charge in [0.15, 0.2) is 0 Å². The molecule has 2 aromatic rings. The first-order valence-electron chi connectivity index (χ1n) is 8.76. The average molecular weight is 388 g/mol. The van der Waals surface area contributed by atoms with Crippen molar-refractivity contribution in [1.29, 1.82) is 0 Å². The van der Waals surface area contributed by atoms with Gasteiger partial charge in [0.05, 0.1) is 19.8 Å². The number of amides is 2. The highest BCUT2D eigenvalue weighted by molar-refractivity contribution is 6.30. The molecule has 1 saturated heterocycles. The number of rotatable bonds is 5. The minimum Gasteiger partial charge on any atom is -0.378 e. The molecule has 0 radical (unpaired) electrons. The zero-order valence-corrected chi connectivity index (χ0v) is 15.9. The van der Waals surface area contributed by atoms with Crippen molar-refractivity contribution >= 4 is 34.8 Å². The summed E-state index contributed by atoms with van der Waals surface area (Å²) in [5.74, 6) is -0.483. The molecule has 1 aliphatic rings. The molecule has 142 valence electrons. The van der Waals surface area contributed by atoms with Crippen molar-refractivity contribution < 1.29 is 14.3 Å². The Morgan fingerprint density at radius 2 is 1.70 bits per heavy atom. The van der Waals surface area contributed by atoms with Crippen LogP contribution >= 0.6 is 11.6 Å². The van der Waals surface area contributed by atoms with E-state index in [4.69, 9.17) is 16.3 Å². The summed E-state index contributed by atoms with van der Waals surface area (Å²) in [5, 5.41) is 3.38. The smallest absolute Gasteiger partial charge is 0.254 e. The summed E-state index contributed by atoms with van der Waals surface area (Å²) >= 11 is 5.83. The summed E-state index contributed by atoms with van der Waals surface area (Å²) in [6.45, 7) is 3.15. The standard InChI is InChI=1S/C20H22ClN3O3/c1-23(20(26)15-2-4-16(21)5-3-15)14-19(25)22-17-6-8-18(9-7-17)24-10-12-27-13-11-24/h2-9H,10-14H2,1H3,(H,22,25). The number of hydrogen-bond acceptors (Lipinski definition) is 4. The molecule has 0 aromatic heterocycles. The molecule has 0 aliphatic carbocycles. The number of hydrogen-bond donors (Lipinski definition) is 1. The van der Waals surface area contributed by atoms with Crippen LogP contribution in [0.3, 0.4) is 0 Å². The molecule has 1 aliphatic heterocycles. The molecular weight excluding hydrogens is 366 g/mol. The maximum Gasteiger partial charge on any atom is 0.254 e. The van der Waals surface area contributed by atoms with Crippen LogP contribution in [-0.4, -0.2) is 56.6 Å². The molecule has 3 rings (SSSR count). The van der Waals surface area contributed by atoms with Gasteiger partial charge >= 0.3 is 0 Å². The lowest BCUT2D eigenvalue weighted by Crippen LogP contribution is -2.36. The lowest BCUT2D eigenvalue weighted by atomic mass is 10.2. The molecule has 0 saturated carbocycles. The van der Waals surface area contributed by atoms with Crippen LogP contribution in [0, 0.1) is 0 Å². The first kappa shape index (κ1) is 19.2. The zero-order valence-electron chi connectivity index (χ0n) is 15.2. The Kier molecular flexibility index (Phi) is 6.32. The number of nitrogens with zero attached hydrogens (tertiary/aromatic N) is 2. The van der Waals surface area contributed by atoms with Gasteiger partial charge in [-0.3, -0.25) is 9.59 Å². The van der Waals surface area contributed by atoms with E-state index >= 15 is 0 Å². The van der Waals surface area contributed by atoms with Crippen molar-refractivity contribution in [2.24, 2.45) is 0 Å². The minimum atomic E-state index is -0.251. The molecule has 6 nitrogen and oxygen atoms in total. The molecule has 2 aromatic carbocycles. The van der Waals surface area contributed by atoms with Gasteiger partial charge in [0, 0.05) is 42.1 Å². The molecule has 0 bridgehead atoms. The second-order valence-electron chi connectivity index (χ2n) is 6.36. The molecule has 0 atom stereocenters. The summed E-state index contributed by atoms with van der Waals surface area (Å²) in [5.41, 5.74) is 2.29. The number of benzene rings is 2. The van der Waals surface area contributed by atoms with Crippen LogP contribution < -0.4 is 10.2 Å². The Labute approximate surface area is 163 Å². The van der Waals surface area contributed by atoms with Crippen LogP contribution in [0.15, 0.2) is 48.5 Å². The molecule has 1 heterocycles. The Hall–Kier alpha value is -2.57. The van der Waals surface area contributed by atoms with Crippen molar-refractivity contribution in [3.8, 4) is 0 Å². The summed E-state index contributed by atoms with van der Waals surface area (Å²) in [4.78, 5) is 28.2. The summed E-state index contributed by atoms with van der Waals surface area (Å²) in [6.07, 6.45) is 0. The van der Waals surface area contributed by atoms with Gasteiger partial charge in [0.1, 0.15) is 0 Å². The van der Waals surface area contributed by atoms with Gasteiger partial charge in [-0.05, 0) is 48.5 Å². The third kappa shape index (κ3) is 5.21. The monoisotopic (exact) mass is 387 g/mol. The second-order valence-corrected chi connectivity index (χ2v) is 6.80. The highest BCUT2D eigenvalue weighted by Gasteiger charge is 2.15. The molecule has 27 heavy (non-hydrogen) atoms. The molecular formula is C20H22ClN3O3. The molecule has 0 spiro atoms. The van der Waals surface area contributed by atoms with Gasteiger partial charge in [0.2, 0.25) is 5.91 Å². The van der Waals surface area contributed by atoms with Crippen molar-refractivity contribution in [3.05, 3.63) is 59.1 Å². The third-order valence-corrected chi connectivity index (χ3v) is 4.60. The van der Waals surface area contributed by atoms with Crippen LogP contribution in [0.1, 0.15) is 10.4 Å². The lowest BCUT2D eigenvalue weighted by Gasteiger charge is -2.28. The average Bonchev–Trinajstić information content (AvgIpc) is 2.69. The second kappa shape index (κ2) is 8.88. The Morgan fingerprint density at radius 1 is 1.07 bits per heavy atom. The van der Waals surface area contributed by atoms with Crippen molar-refractivity contribution in [1.82, 2.24) is 4.90 Å². The molecule has 1 fully saturated rings. The fraction of sp³-hybridized carbons (Fsp3) is 0.300. The number of anilines is 2. The zero-order chi connectivity index (χ0) is 19.2. The first-order chi connectivity index (χ1) is 13.0. The number of ether oxygens (including phenoxy) is 1. The van der Waals surface area contributed by atoms with Gasteiger partial charge in [0.25, 0.3) is 5.91 Å². The molecule has 1 N–H and O–H groups in total. The van der Waals surface area contributed by atoms with E-state index in [0.717, 1.165) is 32.0 Å². The van der Waals surface area contributed by atoms with Gasteiger partial charge in [-0.1, -0.05) is 11.6 Å². The van der Waals surface area contributed by atoms with Gasteiger partial charge in [-0.15, -0.1) is 0 Å². The number of halogens is 1. The Balaban J connectivity index is 1.53. The Morgan fingerprint density at radius 3 is 2.33 bits per heavy atom.